The standard InChI is InChI=1S/C30H33NO5/c1-21(2)19-26-29(35-22(3)32)36-28(25-17-11-6-12-18-25)27(24-15-9-5-10-16-24)31(26)30(33)34-20-23-13-7-4-8-14-23/h4-18,21,26-29H,19-20H2,1-3H3/t26-,27-,28+,29-/m0/s1. The smallest absolute Gasteiger partial charge is 0.411 e. The van der Waals surface area contributed by atoms with E-state index >= 15 is 0 Å². The van der Waals surface area contributed by atoms with Gasteiger partial charge in [0.2, 0.25) is 6.29 Å². The first-order chi connectivity index (χ1) is 17.4. The van der Waals surface area contributed by atoms with Crippen molar-refractivity contribution in [3.8, 4) is 0 Å². The molecule has 0 saturated carbocycles. The largest absolute Gasteiger partial charge is 0.445 e. The summed E-state index contributed by atoms with van der Waals surface area (Å²) in [6.07, 6.45) is -1.40. The summed E-state index contributed by atoms with van der Waals surface area (Å²) in [5, 5.41) is 0. The molecule has 4 atom stereocenters. The Hall–Kier alpha value is -3.64. The van der Waals surface area contributed by atoms with Crippen LogP contribution in [0.2, 0.25) is 0 Å². The van der Waals surface area contributed by atoms with Crippen molar-refractivity contribution in [1.82, 2.24) is 4.90 Å². The van der Waals surface area contributed by atoms with E-state index < -0.39 is 36.5 Å². The van der Waals surface area contributed by atoms with Crippen LogP contribution in [-0.4, -0.2) is 29.3 Å². The monoisotopic (exact) mass is 487 g/mol. The number of carbonyl (C=O) groups excluding carboxylic acids is 2. The third kappa shape index (κ3) is 6.13. The molecule has 6 heteroatoms. The molecule has 1 aliphatic heterocycles. The number of amides is 1. The van der Waals surface area contributed by atoms with Crippen molar-refractivity contribution >= 4 is 12.1 Å². The fraction of sp³-hybridized carbons (Fsp3) is 0.333. The van der Waals surface area contributed by atoms with E-state index in [1.807, 2.05) is 91.0 Å². The molecule has 1 aliphatic rings. The molecular weight excluding hydrogens is 454 g/mol. The fourth-order valence-electron chi connectivity index (χ4n) is 4.70. The summed E-state index contributed by atoms with van der Waals surface area (Å²) in [6.45, 7) is 5.63. The minimum Gasteiger partial charge on any atom is -0.445 e. The van der Waals surface area contributed by atoms with E-state index in [1.165, 1.54) is 6.92 Å². The summed E-state index contributed by atoms with van der Waals surface area (Å²) in [5.41, 5.74) is 2.69. The summed E-state index contributed by atoms with van der Waals surface area (Å²) in [5.74, 6) is -0.248. The summed E-state index contributed by atoms with van der Waals surface area (Å²) >= 11 is 0. The molecule has 0 spiro atoms. The lowest BCUT2D eigenvalue weighted by Gasteiger charge is -2.49. The lowest BCUT2D eigenvalue weighted by atomic mass is 9.89. The van der Waals surface area contributed by atoms with Crippen molar-refractivity contribution < 1.29 is 23.8 Å². The molecule has 0 unspecified atom stereocenters. The molecule has 0 N–H and O–H groups in total. The number of carbonyl (C=O) groups is 2. The Morgan fingerprint density at radius 2 is 1.42 bits per heavy atom. The van der Waals surface area contributed by atoms with Crippen LogP contribution in [0.25, 0.3) is 0 Å². The van der Waals surface area contributed by atoms with Crippen LogP contribution in [0, 0.1) is 5.92 Å². The number of hydrogen-bond donors (Lipinski definition) is 0. The van der Waals surface area contributed by atoms with Gasteiger partial charge >= 0.3 is 12.1 Å². The van der Waals surface area contributed by atoms with E-state index in [0.717, 1.165) is 16.7 Å². The van der Waals surface area contributed by atoms with E-state index in [9.17, 15) is 9.59 Å². The zero-order valence-corrected chi connectivity index (χ0v) is 20.9. The summed E-state index contributed by atoms with van der Waals surface area (Å²) < 4.78 is 18.0. The molecule has 188 valence electrons. The third-order valence-electron chi connectivity index (χ3n) is 6.22. The highest BCUT2D eigenvalue weighted by Gasteiger charge is 2.49. The van der Waals surface area contributed by atoms with Crippen molar-refractivity contribution in [2.75, 3.05) is 0 Å². The summed E-state index contributed by atoms with van der Waals surface area (Å²) in [6, 6.07) is 28.1. The predicted molar refractivity (Wildman–Crippen MR) is 137 cm³/mol. The molecule has 0 aromatic heterocycles. The second-order valence-corrected chi connectivity index (χ2v) is 9.45. The Balaban J connectivity index is 1.79. The molecule has 4 rings (SSSR count). The van der Waals surface area contributed by atoms with Gasteiger partial charge in [-0.2, -0.15) is 0 Å². The highest BCUT2D eigenvalue weighted by molar-refractivity contribution is 5.70. The van der Waals surface area contributed by atoms with Crippen LogP contribution in [0.15, 0.2) is 91.0 Å². The highest BCUT2D eigenvalue weighted by Crippen LogP contribution is 2.45. The van der Waals surface area contributed by atoms with Crippen LogP contribution in [0.5, 0.6) is 0 Å². The Labute approximate surface area is 212 Å². The minimum absolute atomic E-state index is 0.140. The van der Waals surface area contributed by atoms with E-state index in [-0.39, 0.29) is 12.5 Å². The zero-order chi connectivity index (χ0) is 25.5. The Bertz CT molecular complexity index is 1120. The Morgan fingerprint density at radius 1 is 0.861 bits per heavy atom. The second kappa shape index (κ2) is 11.9. The summed E-state index contributed by atoms with van der Waals surface area (Å²) in [7, 11) is 0. The molecule has 1 saturated heterocycles. The number of hydrogen-bond acceptors (Lipinski definition) is 5. The van der Waals surface area contributed by atoms with Crippen LogP contribution < -0.4 is 0 Å². The first kappa shape index (κ1) is 25.5. The van der Waals surface area contributed by atoms with Crippen molar-refractivity contribution in [3.05, 3.63) is 108 Å². The maximum atomic E-state index is 13.9. The van der Waals surface area contributed by atoms with E-state index in [1.54, 1.807) is 4.90 Å². The van der Waals surface area contributed by atoms with Gasteiger partial charge in [-0.25, -0.2) is 4.79 Å². The van der Waals surface area contributed by atoms with Gasteiger partial charge < -0.3 is 14.2 Å². The average molecular weight is 488 g/mol. The quantitative estimate of drug-likeness (QED) is 0.359. The maximum absolute atomic E-state index is 13.9. The van der Waals surface area contributed by atoms with E-state index in [0.29, 0.717) is 6.42 Å². The molecule has 0 bridgehead atoms. The molecule has 1 heterocycles. The fourth-order valence-corrected chi connectivity index (χ4v) is 4.70. The average Bonchev–Trinajstić information content (AvgIpc) is 2.89. The van der Waals surface area contributed by atoms with Gasteiger partial charge in [0.25, 0.3) is 0 Å². The van der Waals surface area contributed by atoms with Crippen molar-refractivity contribution in [2.24, 2.45) is 5.92 Å². The van der Waals surface area contributed by atoms with Gasteiger partial charge in [0.1, 0.15) is 12.7 Å². The Morgan fingerprint density at radius 3 is 1.97 bits per heavy atom. The second-order valence-electron chi connectivity index (χ2n) is 9.45. The van der Waals surface area contributed by atoms with Crippen molar-refractivity contribution in [3.63, 3.8) is 0 Å². The topological polar surface area (TPSA) is 65.1 Å². The van der Waals surface area contributed by atoms with Crippen LogP contribution >= 0.6 is 0 Å². The predicted octanol–water partition coefficient (Wildman–Crippen LogP) is 6.44. The van der Waals surface area contributed by atoms with Crippen LogP contribution in [-0.2, 0) is 25.6 Å². The first-order valence-corrected chi connectivity index (χ1v) is 12.4. The molecule has 6 nitrogen and oxygen atoms in total. The molecular formula is C30H33NO5. The van der Waals surface area contributed by atoms with Gasteiger partial charge in [0.05, 0.1) is 12.1 Å². The summed E-state index contributed by atoms with van der Waals surface area (Å²) in [4.78, 5) is 27.7. The van der Waals surface area contributed by atoms with Gasteiger partial charge in [-0.3, -0.25) is 9.69 Å². The van der Waals surface area contributed by atoms with Crippen molar-refractivity contribution in [1.29, 1.82) is 0 Å². The normalized spacial score (nSPS) is 21.7. The van der Waals surface area contributed by atoms with Gasteiger partial charge in [-0.1, -0.05) is 105 Å². The van der Waals surface area contributed by atoms with Gasteiger partial charge in [0, 0.05) is 6.92 Å². The highest BCUT2D eigenvalue weighted by atomic mass is 16.7. The Kier molecular flexibility index (Phi) is 8.39. The molecule has 1 amide bonds. The first-order valence-electron chi connectivity index (χ1n) is 12.4. The molecule has 0 aliphatic carbocycles. The number of ether oxygens (including phenoxy) is 3. The van der Waals surface area contributed by atoms with E-state index in [4.69, 9.17) is 14.2 Å². The van der Waals surface area contributed by atoms with Crippen LogP contribution in [0.1, 0.15) is 56.0 Å². The number of rotatable bonds is 7. The minimum atomic E-state index is -0.931. The van der Waals surface area contributed by atoms with Gasteiger partial charge in [-0.05, 0) is 29.0 Å². The van der Waals surface area contributed by atoms with Crippen LogP contribution in [0.3, 0.4) is 0 Å². The molecule has 1 fully saturated rings. The number of morpholine rings is 1. The van der Waals surface area contributed by atoms with Gasteiger partial charge in [-0.15, -0.1) is 0 Å². The lowest BCUT2D eigenvalue weighted by Crippen LogP contribution is -2.57. The van der Waals surface area contributed by atoms with E-state index in [2.05, 4.69) is 13.8 Å². The third-order valence-corrected chi connectivity index (χ3v) is 6.22. The molecule has 0 radical (unpaired) electrons. The zero-order valence-electron chi connectivity index (χ0n) is 20.9. The molecule has 3 aromatic rings. The lowest BCUT2D eigenvalue weighted by molar-refractivity contribution is -0.247. The van der Waals surface area contributed by atoms with Crippen LogP contribution in [0.4, 0.5) is 4.79 Å². The maximum Gasteiger partial charge on any atom is 0.411 e. The number of nitrogens with zero attached hydrogens (tertiary/aromatic N) is 1. The molecule has 36 heavy (non-hydrogen) atoms. The molecule has 3 aromatic carbocycles. The number of benzene rings is 3. The number of esters is 1. The SMILES string of the molecule is CC(=O)O[C@H]1O[C@H](c2ccccc2)[C@H](c2ccccc2)N(C(=O)OCc2ccccc2)[C@H]1CC(C)C. The van der Waals surface area contributed by atoms with Gasteiger partial charge in [0.15, 0.2) is 0 Å². The van der Waals surface area contributed by atoms with Crippen molar-refractivity contribution in [2.45, 2.75) is 58.3 Å².